The van der Waals surface area contributed by atoms with Gasteiger partial charge in [0.15, 0.2) is 0 Å². The second-order valence-electron chi connectivity index (χ2n) is 17.3. The number of amides is 2. The van der Waals surface area contributed by atoms with Gasteiger partial charge in [0.05, 0.1) is 30.7 Å². The van der Waals surface area contributed by atoms with Crippen LogP contribution in [0.15, 0.2) is 84.0 Å². The molecule has 2 unspecified atom stereocenters. The Balaban J connectivity index is 1.02. The van der Waals surface area contributed by atoms with Gasteiger partial charge in [-0.15, -0.1) is 0 Å². The molecule has 9 aliphatic heterocycles. The van der Waals surface area contributed by atoms with Crippen molar-refractivity contribution in [3.05, 3.63) is 95.1 Å². The molecule has 4 bridgehead atoms. The van der Waals surface area contributed by atoms with E-state index in [1.807, 2.05) is 6.08 Å². The minimum Gasteiger partial charge on any atom is -0.373 e. The number of para-hydroxylation sites is 2. The van der Waals surface area contributed by atoms with E-state index in [4.69, 9.17) is 4.74 Å². The van der Waals surface area contributed by atoms with Crippen molar-refractivity contribution in [1.82, 2.24) is 9.80 Å². The third kappa shape index (κ3) is 2.76. The first-order valence-corrected chi connectivity index (χ1v) is 19.0. The molecule has 2 saturated carbocycles. The molecule has 2 aliphatic carbocycles. The molecule has 7 heteroatoms. The number of hydrogen-bond donors (Lipinski definition) is 0. The Labute approximate surface area is 287 Å². The fourth-order valence-electron chi connectivity index (χ4n) is 15.2. The van der Waals surface area contributed by atoms with Crippen LogP contribution < -0.4 is 9.80 Å². The van der Waals surface area contributed by atoms with Crippen molar-refractivity contribution in [2.75, 3.05) is 36.0 Å². The molecule has 11 aliphatic rings. The van der Waals surface area contributed by atoms with Crippen molar-refractivity contribution in [2.45, 2.75) is 79.8 Å². The third-order valence-electron chi connectivity index (χ3n) is 16.4. The summed E-state index contributed by atoms with van der Waals surface area (Å²) in [7, 11) is 0. The molecule has 2 aromatic carbocycles. The number of ether oxygens (including phenoxy) is 1. The molecule has 248 valence electrons. The summed E-state index contributed by atoms with van der Waals surface area (Å²) in [5.41, 5.74) is 7.85. The smallest absolute Gasteiger partial charge is 0.250 e. The Hall–Kier alpha value is -3.52. The lowest BCUT2D eigenvalue weighted by atomic mass is 9.52. The van der Waals surface area contributed by atoms with E-state index in [0.29, 0.717) is 36.3 Å². The SMILES string of the molecule is C/C=C1/CN2[C@@H]([C@@H]3C(=O)N4c5ccccc5[C@@]56CCN7CC8=CCO[C@@H]3[C@@H](C45)[C@H]8C[C@H]76)C[C@]34c5ccccc5N5C(=O)C=CC([C@H]53)[C@H]1C[C@H]24. The Morgan fingerprint density at radius 3 is 2.49 bits per heavy atom. The summed E-state index contributed by atoms with van der Waals surface area (Å²) in [6.07, 6.45) is 13.0. The van der Waals surface area contributed by atoms with Crippen molar-refractivity contribution in [3.63, 3.8) is 0 Å². The first-order valence-electron chi connectivity index (χ1n) is 19.0. The van der Waals surface area contributed by atoms with Gasteiger partial charge in [0, 0.05) is 65.3 Å². The van der Waals surface area contributed by atoms with Crippen LogP contribution in [-0.2, 0) is 25.2 Å². The fraction of sp³-hybridized carbons (Fsp3) is 0.524. The topological polar surface area (TPSA) is 56.3 Å². The van der Waals surface area contributed by atoms with Gasteiger partial charge in [-0.25, -0.2) is 0 Å². The van der Waals surface area contributed by atoms with Gasteiger partial charge >= 0.3 is 0 Å². The molecule has 7 nitrogen and oxygen atoms in total. The van der Waals surface area contributed by atoms with Gasteiger partial charge in [0.1, 0.15) is 0 Å². The highest BCUT2D eigenvalue weighted by Crippen LogP contribution is 2.70. The molecular weight excluding hydrogens is 608 g/mol. The van der Waals surface area contributed by atoms with Crippen LogP contribution in [-0.4, -0.2) is 84.2 Å². The number of hydrogen-bond acceptors (Lipinski definition) is 5. The lowest BCUT2D eigenvalue weighted by Crippen LogP contribution is -2.73. The lowest BCUT2D eigenvalue weighted by molar-refractivity contribution is -0.149. The summed E-state index contributed by atoms with van der Waals surface area (Å²) in [4.78, 5) is 39.7. The maximum Gasteiger partial charge on any atom is 0.250 e. The number of fused-ring (bicyclic) bond motifs is 6. The molecule has 13 rings (SSSR count). The quantitative estimate of drug-likeness (QED) is 0.424. The van der Waals surface area contributed by atoms with Crippen molar-refractivity contribution in [1.29, 1.82) is 0 Å². The molecule has 0 N–H and O–H groups in total. The van der Waals surface area contributed by atoms with Crippen molar-refractivity contribution in [2.24, 2.45) is 29.6 Å². The molecule has 9 heterocycles. The van der Waals surface area contributed by atoms with Crippen LogP contribution in [0.3, 0.4) is 0 Å². The number of anilines is 2. The van der Waals surface area contributed by atoms with Gasteiger partial charge in [0.2, 0.25) is 5.91 Å². The van der Waals surface area contributed by atoms with Gasteiger partial charge in [-0.3, -0.25) is 19.4 Å². The molecule has 7 fully saturated rings. The van der Waals surface area contributed by atoms with Crippen LogP contribution in [0.1, 0.15) is 43.7 Å². The van der Waals surface area contributed by atoms with Crippen LogP contribution >= 0.6 is 0 Å². The van der Waals surface area contributed by atoms with Gasteiger partial charge < -0.3 is 14.5 Å². The predicted molar refractivity (Wildman–Crippen MR) is 185 cm³/mol. The Kier molecular flexibility index (Phi) is 4.82. The minimum absolute atomic E-state index is 0.0123. The summed E-state index contributed by atoms with van der Waals surface area (Å²) in [5.74, 6) is 1.61. The molecule has 13 atom stereocenters. The zero-order valence-electron chi connectivity index (χ0n) is 27.9. The minimum atomic E-state index is -0.252. The highest BCUT2D eigenvalue weighted by molar-refractivity contribution is 6.06. The van der Waals surface area contributed by atoms with E-state index in [-0.39, 0.29) is 58.8 Å². The van der Waals surface area contributed by atoms with Crippen LogP contribution in [0.2, 0.25) is 0 Å². The largest absolute Gasteiger partial charge is 0.373 e. The average Bonchev–Trinajstić information content (AvgIpc) is 3.82. The van der Waals surface area contributed by atoms with E-state index < -0.39 is 0 Å². The number of carbonyl (C=O) groups is 2. The molecule has 5 saturated heterocycles. The molecule has 2 spiro atoms. The van der Waals surface area contributed by atoms with Crippen LogP contribution in [0.25, 0.3) is 0 Å². The molecule has 49 heavy (non-hydrogen) atoms. The van der Waals surface area contributed by atoms with E-state index in [2.05, 4.69) is 93.3 Å². The number of allylic oxidation sites excluding steroid dienone is 1. The fourth-order valence-corrected chi connectivity index (χ4v) is 15.2. The molecule has 2 amide bonds. The first kappa shape index (κ1) is 27.2. The zero-order chi connectivity index (χ0) is 32.1. The number of carbonyl (C=O) groups excluding carboxylic acids is 2. The number of piperidine rings is 3. The van der Waals surface area contributed by atoms with E-state index in [9.17, 15) is 4.79 Å². The molecular formula is C42H42N4O3. The van der Waals surface area contributed by atoms with Gasteiger partial charge in [-0.05, 0) is 80.3 Å². The highest BCUT2D eigenvalue weighted by atomic mass is 16.5. The summed E-state index contributed by atoms with van der Waals surface area (Å²) < 4.78 is 7.14. The second kappa shape index (κ2) is 8.67. The lowest BCUT2D eigenvalue weighted by Gasteiger charge is -2.61. The predicted octanol–water partition coefficient (Wildman–Crippen LogP) is 4.58. The van der Waals surface area contributed by atoms with E-state index >= 15 is 4.79 Å². The molecule has 0 radical (unpaired) electrons. The summed E-state index contributed by atoms with van der Waals surface area (Å²) >= 11 is 0. The van der Waals surface area contributed by atoms with Crippen LogP contribution in [0.4, 0.5) is 11.4 Å². The van der Waals surface area contributed by atoms with Crippen molar-refractivity contribution in [3.8, 4) is 0 Å². The van der Waals surface area contributed by atoms with Crippen LogP contribution in [0.5, 0.6) is 0 Å². The highest BCUT2D eigenvalue weighted by Gasteiger charge is 2.76. The first-order chi connectivity index (χ1) is 24.1. The monoisotopic (exact) mass is 650 g/mol. The summed E-state index contributed by atoms with van der Waals surface area (Å²) in [6.45, 7) is 5.88. The maximum absolute atomic E-state index is 15.8. The maximum atomic E-state index is 15.8. The van der Waals surface area contributed by atoms with Gasteiger partial charge in [-0.1, -0.05) is 65.8 Å². The van der Waals surface area contributed by atoms with Crippen molar-refractivity contribution >= 4 is 23.2 Å². The zero-order valence-corrected chi connectivity index (χ0v) is 27.9. The number of rotatable bonds is 1. The second-order valence-corrected chi connectivity index (χ2v) is 17.3. The molecule has 0 aromatic heterocycles. The third-order valence-corrected chi connectivity index (χ3v) is 16.4. The summed E-state index contributed by atoms with van der Waals surface area (Å²) in [6, 6.07) is 18.8. The number of benzene rings is 2. The Bertz CT molecular complexity index is 2020. The average molecular weight is 651 g/mol. The molecule has 2 aromatic rings. The standard InChI is InChI=1S/C42H42N4O3/c1-2-22-21-44-31(19-42-28-8-4-5-9-29(28)45-34(47)12-11-24(38(42)45)25(22)17-33(42)44)36-37-35-26-18-32-41(14-15-43(32)20-23(26)13-16-49-37)27-7-3-6-10-30(27)46(39(35)41)40(36)48/h2-13,24-26,31-33,35-39H,14-21H2,1H3/b22-2-/t24?,25-,26-,31+,32-,33-,35-,36-,37+,38-,39?,41+,42+/m0/s1. The Morgan fingerprint density at radius 2 is 1.65 bits per heavy atom. The van der Waals surface area contributed by atoms with E-state index in [0.717, 1.165) is 44.6 Å². The normalized spacial score (nSPS) is 48.1. The van der Waals surface area contributed by atoms with Gasteiger partial charge in [0.25, 0.3) is 5.91 Å². The van der Waals surface area contributed by atoms with Crippen LogP contribution in [0, 0.1) is 29.6 Å². The Morgan fingerprint density at radius 1 is 0.878 bits per heavy atom. The van der Waals surface area contributed by atoms with Crippen molar-refractivity contribution < 1.29 is 14.3 Å². The van der Waals surface area contributed by atoms with E-state index in [1.165, 1.54) is 28.8 Å². The summed E-state index contributed by atoms with van der Waals surface area (Å²) in [5, 5.41) is 0. The van der Waals surface area contributed by atoms with Gasteiger partial charge in [-0.2, -0.15) is 0 Å². The van der Waals surface area contributed by atoms with E-state index in [1.54, 1.807) is 5.57 Å². The number of nitrogens with zero attached hydrogens (tertiary/aromatic N) is 4.